The maximum Gasteiger partial charge on any atom is 0.0704 e. The van der Waals surface area contributed by atoms with E-state index in [-0.39, 0.29) is 0 Å². The van der Waals surface area contributed by atoms with Crippen LogP contribution in [0.15, 0.2) is 66.6 Å². The number of allylic oxidation sites excluding steroid dienone is 3. The Hall–Kier alpha value is -2.11. The van der Waals surface area contributed by atoms with Gasteiger partial charge in [0, 0.05) is 17.5 Å². The van der Waals surface area contributed by atoms with Crippen LogP contribution in [0.4, 0.5) is 0 Å². The Bertz CT molecular complexity index is 670. The van der Waals surface area contributed by atoms with Gasteiger partial charge in [-0.25, -0.2) is 0 Å². The van der Waals surface area contributed by atoms with E-state index in [0.29, 0.717) is 11.8 Å². The van der Waals surface area contributed by atoms with Crippen molar-refractivity contribution in [3.63, 3.8) is 0 Å². The molecule has 0 aliphatic heterocycles. The largest absolute Gasteiger partial charge is 0.256 e. The van der Waals surface area contributed by atoms with Crippen molar-refractivity contribution in [2.24, 2.45) is 5.92 Å². The quantitative estimate of drug-likeness (QED) is 0.541. The van der Waals surface area contributed by atoms with Gasteiger partial charge in [-0.2, -0.15) is 0 Å². The molecule has 20 heavy (non-hydrogen) atoms. The lowest BCUT2D eigenvalue weighted by Gasteiger charge is -2.24. The van der Waals surface area contributed by atoms with E-state index in [1.165, 1.54) is 16.5 Å². The zero-order chi connectivity index (χ0) is 14.5. The smallest absolute Gasteiger partial charge is 0.0704 e. The molecule has 1 heterocycles. The number of hydrogen-bond acceptors (Lipinski definition) is 1. The van der Waals surface area contributed by atoms with Gasteiger partial charge in [0.2, 0.25) is 0 Å². The SMILES string of the molecule is C=C=CC(C)C(C(C)=CC)c1cccc2ncccc12. The standard InChI is InChI=1S/C19H21N/c1-5-9-15(4)19(14(3)6-2)17-10-7-12-18-16(17)11-8-13-20-18/h6-13,15,19H,1H2,2-4H3. The summed E-state index contributed by atoms with van der Waals surface area (Å²) in [6, 6.07) is 10.5. The highest BCUT2D eigenvalue weighted by Gasteiger charge is 2.20. The molecule has 0 radical (unpaired) electrons. The highest BCUT2D eigenvalue weighted by atomic mass is 14.6. The molecule has 1 aromatic heterocycles. The van der Waals surface area contributed by atoms with E-state index < -0.39 is 0 Å². The van der Waals surface area contributed by atoms with Gasteiger partial charge in [-0.3, -0.25) is 4.98 Å². The van der Waals surface area contributed by atoms with Gasteiger partial charge in [0.05, 0.1) is 5.52 Å². The molecule has 0 saturated heterocycles. The lowest BCUT2D eigenvalue weighted by molar-refractivity contribution is 0.617. The van der Waals surface area contributed by atoms with Gasteiger partial charge in [-0.05, 0) is 43.5 Å². The lowest BCUT2D eigenvalue weighted by Crippen LogP contribution is -2.10. The normalized spacial score (nSPS) is 14.7. The van der Waals surface area contributed by atoms with E-state index in [0.717, 1.165) is 5.52 Å². The number of fused-ring (bicyclic) bond motifs is 1. The number of nitrogens with zero attached hydrogens (tertiary/aromatic N) is 1. The highest BCUT2D eigenvalue weighted by molar-refractivity contribution is 5.83. The minimum atomic E-state index is 0.335. The molecule has 0 N–H and O–H groups in total. The molecule has 0 saturated carbocycles. The van der Waals surface area contributed by atoms with Crippen LogP contribution in [0.5, 0.6) is 0 Å². The third-order valence-electron chi connectivity index (χ3n) is 3.87. The van der Waals surface area contributed by atoms with E-state index in [4.69, 9.17) is 0 Å². The maximum atomic E-state index is 4.46. The second-order valence-electron chi connectivity index (χ2n) is 5.16. The predicted octanol–water partition coefficient (Wildman–Crippen LogP) is 5.26. The first-order valence-electron chi connectivity index (χ1n) is 7.01. The fourth-order valence-electron chi connectivity index (χ4n) is 2.80. The van der Waals surface area contributed by atoms with Gasteiger partial charge in [0.15, 0.2) is 0 Å². The molecule has 1 heteroatoms. The summed E-state index contributed by atoms with van der Waals surface area (Å²) in [6.45, 7) is 10.2. The summed E-state index contributed by atoms with van der Waals surface area (Å²) in [4.78, 5) is 4.46. The minimum Gasteiger partial charge on any atom is -0.256 e. The third kappa shape index (κ3) is 2.74. The molecule has 0 aliphatic rings. The Morgan fingerprint density at radius 1 is 1.30 bits per heavy atom. The van der Waals surface area contributed by atoms with Gasteiger partial charge < -0.3 is 0 Å². The molecule has 1 aromatic carbocycles. The van der Waals surface area contributed by atoms with Crippen molar-refractivity contribution in [1.82, 2.24) is 4.98 Å². The number of rotatable bonds is 4. The minimum absolute atomic E-state index is 0.335. The monoisotopic (exact) mass is 263 g/mol. The third-order valence-corrected chi connectivity index (χ3v) is 3.87. The van der Waals surface area contributed by atoms with Crippen LogP contribution < -0.4 is 0 Å². The van der Waals surface area contributed by atoms with Crippen LogP contribution in [0.1, 0.15) is 32.3 Å². The summed E-state index contributed by atoms with van der Waals surface area (Å²) >= 11 is 0. The molecular weight excluding hydrogens is 242 g/mol. The molecule has 2 atom stereocenters. The number of benzene rings is 1. The molecule has 0 bridgehead atoms. The number of aromatic nitrogens is 1. The van der Waals surface area contributed by atoms with Crippen molar-refractivity contribution < 1.29 is 0 Å². The van der Waals surface area contributed by atoms with Crippen molar-refractivity contribution in [2.75, 3.05) is 0 Å². The Balaban J connectivity index is 2.65. The Kier molecular flexibility index (Phi) is 4.55. The van der Waals surface area contributed by atoms with Gasteiger partial charge >= 0.3 is 0 Å². The molecule has 0 amide bonds. The Labute approximate surface area is 121 Å². The van der Waals surface area contributed by atoms with Crippen LogP contribution in [0.3, 0.4) is 0 Å². The summed E-state index contributed by atoms with van der Waals surface area (Å²) in [6.07, 6.45) is 6.08. The first kappa shape index (κ1) is 14.3. The Morgan fingerprint density at radius 3 is 2.80 bits per heavy atom. The summed E-state index contributed by atoms with van der Waals surface area (Å²) in [5, 5.41) is 1.23. The van der Waals surface area contributed by atoms with Crippen LogP contribution >= 0.6 is 0 Å². The molecule has 2 aromatic rings. The van der Waals surface area contributed by atoms with Gasteiger partial charge in [-0.15, -0.1) is 5.73 Å². The van der Waals surface area contributed by atoms with Crippen molar-refractivity contribution in [3.8, 4) is 0 Å². The zero-order valence-electron chi connectivity index (χ0n) is 12.4. The highest BCUT2D eigenvalue weighted by Crippen LogP contribution is 2.36. The summed E-state index contributed by atoms with van der Waals surface area (Å²) in [5.74, 6) is 0.691. The van der Waals surface area contributed by atoms with Gasteiger partial charge in [-0.1, -0.05) is 43.4 Å². The molecule has 0 spiro atoms. The van der Waals surface area contributed by atoms with Crippen LogP contribution in [-0.2, 0) is 0 Å². The Morgan fingerprint density at radius 2 is 2.10 bits per heavy atom. The van der Waals surface area contributed by atoms with Crippen molar-refractivity contribution in [1.29, 1.82) is 0 Å². The number of pyridine rings is 1. The first-order chi connectivity index (χ1) is 9.69. The van der Waals surface area contributed by atoms with Crippen LogP contribution in [0.25, 0.3) is 10.9 Å². The van der Waals surface area contributed by atoms with Crippen LogP contribution in [0.2, 0.25) is 0 Å². The zero-order valence-corrected chi connectivity index (χ0v) is 12.4. The molecule has 1 nitrogen and oxygen atoms in total. The first-order valence-corrected chi connectivity index (χ1v) is 7.01. The average Bonchev–Trinajstić information content (AvgIpc) is 2.48. The fourth-order valence-corrected chi connectivity index (χ4v) is 2.80. The second kappa shape index (κ2) is 6.36. The fraction of sp³-hybridized carbons (Fsp3) is 0.263. The molecule has 0 aliphatic carbocycles. The van der Waals surface area contributed by atoms with Crippen molar-refractivity contribution in [3.05, 3.63) is 72.1 Å². The van der Waals surface area contributed by atoms with E-state index in [9.17, 15) is 0 Å². The molecule has 102 valence electrons. The van der Waals surface area contributed by atoms with E-state index in [1.807, 2.05) is 18.3 Å². The van der Waals surface area contributed by atoms with E-state index >= 15 is 0 Å². The van der Waals surface area contributed by atoms with E-state index in [2.05, 4.69) is 68.4 Å². The summed E-state index contributed by atoms with van der Waals surface area (Å²) < 4.78 is 0. The summed E-state index contributed by atoms with van der Waals surface area (Å²) in [5.41, 5.74) is 6.66. The lowest BCUT2D eigenvalue weighted by atomic mass is 9.80. The van der Waals surface area contributed by atoms with Crippen LogP contribution in [-0.4, -0.2) is 4.98 Å². The van der Waals surface area contributed by atoms with Gasteiger partial charge in [0.1, 0.15) is 0 Å². The van der Waals surface area contributed by atoms with Gasteiger partial charge in [0.25, 0.3) is 0 Å². The van der Waals surface area contributed by atoms with Crippen LogP contribution in [0, 0.1) is 5.92 Å². The van der Waals surface area contributed by atoms with E-state index in [1.54, 1.807) is 0 Å². The summed E-state index contributed by atoms with van der Waals surface area (Å²) in [7, 11) is 0. The molecular formula is C19H21N. The van der Waals surface area contributed by atoms with Crippen molar-refractivity contribution >= 4 is 10.9 Å². The topological polar surface area (TPSA) is 12.9 Å². The number of hydrogen-bond donors (Lipinski definition) is 0. The second-order valence-corrected chi connectivity index (χ2v) is 5.16. The predicted molar refractivity (Wildman–Crippen MR) is 86.8 cm³/mol. The van der Waals surface area contributed by atoms with Crippen molar-refractivity contribution in [2.45, 2.75) is 26.7 Å². The molecule has 0 fully saturated rings. The maximum absolute atomic E-state index is 4.46. The average molecular weight is 263 g/mol. The molecule has 2 unspecified atom stereocenters. The molecule has 2 rings (SSSR count).